The summed E-state index contributed by atoms with van der Waals surface area (Å²) in [4.78, 5) is 4.75. The Morgan fingerprint density at radius 3 is 2.65 bits per heavy atom. The topological polar surface area (TPSA) is 29.9 Å². The smallest absolute Gasteiger partial charge is 0.140 e. The molecular formula is C17H19N3. The maximum absolute atomic E-state index is 4.75. The lowest BCUT2D eigenvalue weighted by atomic mass is 10.2. The van der Waals surface area contributed by atoms with E-state index < -0.39 is 0 Å². The van der Waals surface area contributed by atoms with Gasteiger partial charge in [-0.15, -0.1) is 0 Å². The highest BCUT2D eigenvalue weighted by Crippen LogP contribution is 2.24. The van der Waals surface area contributed by atoms with E-state index in [0.29, 0.717) is 0 Å². The Labute approximate surface area is 119 Å². The summed E-state index contributed by atoms with van der Waals surface area (Å²) in [6.07, 6.45) is 0. The Balaban J connectivity index is 2.06. The molecule has 3 rings (SSSR count). The molecule has 2 aromatic carbocycles. The van der Waals surface area contributed by atoms with E-state index in [0.717, 1.165) is 30.0 Å². The van der Waals surface area contributed by atoms with Crippen molar-refractivity contribution < 1.29 is 0 Å². The number of nitrogens with zero attached hydrogens (tertiary/aromatic N) is 2. The second-order valence-corrected chi connectivity index (χ2v) is 4.96. The lowest BCUT2D eigenvalue weighted by Gasteiger charge is -2.04. The lowest BCUT2D eigenvalue weighted by Crippen LogP contribution is -2.11. The van der Waals surface area contributed by atoms with Crippen molar-refractivity contribution in [2.24, 2.45) is 7.05 Å². The molecule has 102 valence electrons. The van der Waals surface area contributed by atoms with Crippen molar-refractivity contribution in [3.63, 3.8) is 0 Å². The molecule has 0 atom stereocenters. The van der Waals surface area contributed by atoms with Crippen LogP contribution in [-0.2, 0) is 13.6 Å². The average Bonchev–Trinajstić information content (AvgIpc) is 2.83. The minimum atomic E-state index is 0.901. The van der Waals surface area contributed by atoms with E-state index in [1.165, 1.54) is 11.1 Å². The van der Waals surface area contributed by atoms with Crippen molar-refractivity contribution in [3.05, 3.63) is 54.1 Å². The second kappa shape index (κ2) is 5.47. The summed E-state index contributed by atoms with van der Waals surface area (Å²) in [5.41, 5.74) is 4.67. The zero-order chi connectivity index (χ0) is 13.9. The van der Waals surface area contributed by atoms with Crippen molar-refractivity contribution in [2.45, 2.75) is 13.5 Å². The molecular weight excluding hydrogens is 246 g/mol. The summed E-state index contributed by atoms with van der Waals surface area (Å²) < 4.78 is 2.17. The van der Waals surface area contributed by atoms with E-state index in [2.05, 4.69) is 54.2 Å². The van der Waals surface area contributed by atoms with Gasteiger partial charge in [-0.3, -0.25) is 0 Å². The Bertz CT molecular complexity index is 714. The Kier molecular flexibility index (Phi) is 3.52. The Morgan fingerprint density at radius 1 is 1.10 bits per heavy atom. The fraction of sp³-hybridized carbons (Fsp3) is 0.235. The van der Waals surface area contributed by atoms with Crippen LogP contribution in [0.2, 0.25) is 0 Å². The summed E-state index contributed by atoms with van der Waals surface area (Å²) in [6, 6.07) is 16.8. The molecule has 1 N–H and O–H groups in total. The molecule has 0 aliphatic rings. The first-order valence-electron chi connectivity index (χ1n) is 7.01. The van der Waals surface area contributed by atoms with Gasteiger partial charge in [0.2, 0.25) is 0 Å². The predicted molar refractivity (Wildman–Crippen MR) is 83.5 cm³/mol. The van der Waals surface area contributed by atoms with Gasteiger partial charge in [-0.25, -0.2) is 4.98 Å². The third-order valence-corrected chi connectivity index (χ3v) is 3.56. The molecule has 3 aromatic rings. The molecule has 0 saturated carbocycles. The van der Waals surface area contributed by atoms with Crippen LogP contribution in [0.4, 0.5) is 0 Å². The lowest BCUT2D eigenvalue weighted by molar-refractivity contribution is 0.727. The van der Waals surface area contributed by atoms with Gasteiger partial charge in [0, 0.05) is 19.2 Å². The predicted octanol–water partition coefficient (Wildman–Crippen LogP) is 3.35. The first kappa shape index (κ1) is 12.9. The molecule has 0 amide bonds. The number of hydrogen-bond acceptors (Lipinski definition) is 2. The molecule has 0 radical (unpaired) electrons. The van der Waals surface area contributed by atoms with Crippen LogP contribution >= 0.6 is 0 Å². The molecule has 0 aliphatic heterocycles. The van der Waals surface area contributed by atoms with Crippen LogP contribution in [0.5, 0.6) is 0 Å². The molecule has 0 saturated heterocycles. The standard InChI is InChI=1S/C17H19N3/c1-3-18-12-13-9-10-15-16(11-13)20(2)17(19-15)14-7-5-4-6-8-14/h4-11,18H,3,12H2,1-2H3. The van der Waals surface area contributed by atoms with Crippen LogP contribution in [0, 0.1) is 0 Å². The minimum absolute atomic E-state index is 0.901. The molecule has 20 heavy (non-hydrogen) atoms. The number of aromatic nitrogens is 2. The number of nitrogens with one attached hydrogen (secondary N) is 1. The summed E-state index contributed by atoms with van der Waals surface area (Å²) in [6.45, 7) is 4.01. The number of imidazole rings is 1. The van der Waals surface area contributed by atoms with Crippen molar-refractivity contribution in [1.29, 1.82) is 0 Å². The van der Waals surface area contributed by atoms with Crippen molar-refractivity contribution in [3.8, 4) is 11.4 Å². The Morgan fingerprint density at radius 2 is 1.90 bits per heavy atom. The van der Waals surface area contributed by atoms with Gasteiger partial charge in [0.1, 0.15) is 5.82 Å². The maximum Gasteiger partial charge on any atom is 0.140 e. The average molecular weight is 265 g/mol. The summed E-state index contributed by atoms with van der Waals surface area (Å²) in [7, 11) is 2.08. The van der Waals surface area contributed by atoms with Crippen molar-refractivity contribution in [1.82, 2.24) is 14.9 Å². The molecule has 0 spiro atoms. The van der Waals surface area contributed by atoms with E-state index in [1.807, 2.05) is 18.2 Å². The zero-order valence-corrected chi connectivity index (χ0v) is 11.9. The maximum atomic E-state index is 4.75. The highest BCUT2D eigenvalue weighted by Gasteiger charge is 2.09. The first-order chi connectivity index (χ1) is 9.79. The molecule has 0 fully saturated rings. The van der Waals surface area contributed by atoms with E-state index in [9.17, 15) is 0 Å². The number of rotatable bonds is 4. The van der Waals surface area contributed by atoms with E-state index in [-0.39, 0.29) is 0 Å². The van der Waals surface area contributed by atoms with Crippen LogP contribution in [0.25, 0.3) is 22.4 Å². The fourth-order valence-electron chi connectivity index (χ4n) is 2.46. The van der Waals surface area contributed by atoms with Crippen molar-refractivity contribution >= 4 is 11.0 Å². The van der Waals surface area contributed by atoms with Gasteiger partial charge >= 0.3 is 0 Å². The number of fused-ring (bicyclic) bond motifs is 1. The molecule has 1 aromatic heterocycles. The van der Waals surface area contributed by atoms with Crippen LogP contribution in [-0.4, -0.2) is 16.1 Å². The third-order valence-electron chi connectivity index (χ3n) is 3.56. The quantitative estimate of drug-likeness (QED) is 0.784. The van der Waals surface area contributed by atoms with Gasteiger partial charge in [-0.1, -0.05) is 43.3 Å². The van der Waals surface area contributed by atoms with Gasteiger partial charge in [0.15, 0.2) is 0 Å². The molecule has 0 unspecified atom stereocenters. The van der Waals surface area contributed by atoms with Gasteiger partial charge in [0.05, 0.1) is 11.0 Å². The van der Waals surface area contributed by atoms with E-state index in [1.54, 1.807) is 0 Å². The number of benzene rings is 2. The van der Waals surface area contributed by atoms with Crippen LogP contribution in [0.3, 0.4) is 0 Å². The normalized spacial score (nSPS) is 11.1. The zero-order valence-electron chi connectivity index (χ0n) is 11.9. The monoisotopic (exact) mass is 265 g/mol. The minimum Gasteiger partial charge on any atom is -0.327 e. The summed E-state index contributed by atoms with van der Waals surface area (Å²) >= 11 is 0. The van der Waals surface area contributed by atoms with Gasteiger partial charge in [0.25, 0.3) is 0 Å². The molecule has 1 heterocycles. The van der Waals surface area contributed by atoms with E-state index in [4.69, 9.17) is 4.98 Å². The van der Waals surface area contributed by atoms with Gasteiger partial charge < -0.3 is 9.88 Å². The third kappa shape index (κ3) is 2.32. The van der Waals surface area contributed by atoms with Crippen LogP contribution < -0.4 is 5.32 Å². The van der Waals surface area contributed by atoms with Crippen molar-refractivity contribution in [2.75, 3.05) is 6.54 Å². The summed E-state index contributed by atoms with van der Waals surface area (Å²) in [5, 5.41) is 3.36. The highest BCUT2D eigenvalue weighted by molar-refractivity contribution is 5.81. The van der Waals surface area contributed by atoms with Gasteiger partial charge in [-0.2, -0.15) is 0 Å². The highest BCUT2D eigenvalue weighted by atomic mass is 15.1. The SMILES string of the molecule is CCNCc1ccc2nc(-c3ccccc3)n(C)c2c1. The van der Waals surface area contributed by atoms with Gasteiger partial charge in [-0.05, 0) is 24.2 Å². The first-order valence-corrected chi connectivity index (χ1v) is 7.01. The summed E-state index contributed by atoms with van der Waals surface area (Å²) in [5.74, 6) is 1.02. The number of hydrogen-bond donors (Lipinski definition) is 1. The molecule has 3 heteroatoms. The fourth-order valence-corrected chi connectivity index (χ4v) is 2.46. The largest absolute Gasteiger partial charge is 0.327 e. The molecule has 0 aliphatic carbocycles. The molecule has 3 nitrogen and oxygen atoms in total. The van der Waals surface area contributed by atoms with E-state index >= 15 is 0 Å². The number of aryl methyl sites for hydroxylation is 1. The molecule has 0 bridgehead atoms. The van der Waals surface area contributed by atoms with Crippen LogP contribution in [0.1, 0.15) is 12.5 Å². The second-order valence-electron chi connectivity index (χ2n) is 4.96. The Hall–Kier alpha value is -2.13. The van der Waals surface area contributed by atoms with Crippen LogP contribution in [0.15, 0.2) is 48.5 Å².